The molecule has 0 fully saturated rings. The zero-order chi connectivity index (χ0) is 36.8. The maximum atomic E-state index is 6.51. The second kappa shape index (κ2) is 12.1. The molecule has 56 heavy (non-hydrogen) atoms. The van der Waals surface area contributed by atoms with E-state index >= 15 is 0 Å². The zero-order valence-electron chi connectivity index (χ0n) is 30.3. The number of fused-ring (bicyclic) bond motifs is 14. The van der Waals surface area contributed by atoms with E-state index in [1.54, 1.807) is 0 Å². The number of benzene rings is 9. The molecule has 3 heteroatoms. The molecule has 1 unspecified atom stereocenters. The van der Waals surface area contributed by atoms with Gasteiger partial charge in [-0.2, -0.15) is 0 Å². The molecule has 0 saturated heterocycles. The molecule has 0 bridgehead atoms. The van der Waals surface area contributed by atoms with Crippen molar-refractivity contribution in [2.75, 3.05) is 4.90 Å². The van der Waals surface area contributed by atoms with E-state index in [9.17, 15) is 0 Å². The third-order valence-corrected chi connectivity index (χ3v) is 13.1. The molecule has 1 aliphatic carbocycles. The molecule has 10 aromatic rings. The van der Waals surface area contributed by atoms with E-state index < -0.39 is 5.41 Å². The number of hydrogen-bond acceptors (Lipinski definition) is 3. The zero-order valence-corrected chi connectivity index (χ0v) is 31.1. The summed E-state index contributed by atoms with van der Waals surface area (Å²) in [6.07, 6.45) is 0. The average molecular weight is 732 g/mol. The van der Waals surface area contributed by atoms with Crippen molar-refractivity contribution in [2.45, 2.75) is 15.2 Å². The molecule has 0 amide bonds. The summed E-state index contributed by atoms with van der Waals surface area (Å²) >= 11 is 1.88. The Morgan fingerprint density at radius 1 is 0.429 bits per heavy atom. The first-order valence-corrected chi connectivity index (χ1v) is 20.0. The minimum atomic E-state index is -0.505. The van der Waals surface area contributed by atoms with E-state index in [-0.39, 0.29) is 0 Å². The lowest BCUT2D eigenvalue weighted by Gasteiger charge is -2.41. The minimum Gasteiger partial charge on any atom is -0.456 e. The van der Waals surface area contributed by atoms with Gasteiger partial charge in [-0.3, -0.25) is 0 Å². The van der Waals surface area contributed by atoms with Crippen molar-refractivity contribution in [1.29, 1.82) is 0 Å². The molecule has 9 aromatic carbocycles. The Morgan fingerprint density at radius 3 is 2.00 bits per heavy atom. The van der Waals surface area contributed by atoms with Gasteiger partial charge in [-0.05, 0) is 97.7 Å². The third-order valence-electron chi connectivity index (χ3n) is 11.9. The van der Waals surface area contributed by atoms with Gasteiger partial charge in [-0.15, -0.1) is 0 Å². The molecular formula is C53H33NOS. The Labute approximate surface area is 329 Å². The van der Waals surface area contributed by atoms with Gasteiger partial charge in [0.15, 0.2) is 0 Å². The topological polar surface area (TPSA) is 16.4 Å². The molecule has 1 atom stereocenters. The summed E-state index contributed by atoms with van der Waals surface area (Å²) in [6, 6.07) is 73.2. The maximum absolute atomic E-state index is 6.51. The lowest BCUT2D eigenvalue weighted by molar-refractivity contribution is 0.669. The summed E-state index contributed by atoms with van der Waals surface area (Å²) < 4.78 is 6.51. The van der Waals surface area contributed by atoms with Crippen LogP contribution in [0.15, 0.2) is 214 Å². The monoisotopic (exact) mass is 731 g/mol. The fraction of sp³-hybridized carbons (Fsp3) is 0.0189. The molecule has 262 valence electrons. The molecule has 0 N–H and O–H groups in total. The highest BCUT2D eigenvalue weighted by Gasteiger charge is 2.51. The van der Waals surface area contributed by atoms with Crippen molar-refractivity contribution in [1.82, 2.24) is 0 Å². The molecule has 12 rings (SSSR count). The largest absolute Gasteiger partial charge is 0.456 e. The molecule has 2 nitrogen and oxygen atoms in total. The number of anilines is 3. The first kappa shape index (κ1) is 31.5. The molecule has 2 aliphatic rings. The standard InChI is InChI=1S/C53H33NOS/c1-2-13-34(14-3-1)35-25-28-37(29-26-35)54(38-30-31-41-40-17-7-10-23-48(40)55-49(41)33-38)47-22-12-21-46-52(47)56-50-24-11-9-20-44(50)53(46)43-19-8-6-18-42(43)51-39-16-5-4-15-36(39)27-32-45(51)53/h1-33H. The van der Waals surface area contributed by atoms with E-state index in [2.05, 4.69) is 199 Å². The predicted molar refractivity (Wildman–Crippen MR) is 233 cm³/mol. The van der Waals surface area contributed by atoms with Gasteiger partial charge in [0.2, 0.25) is 0 Å². The van der Waals surface area contributed by atoms with Gasteiger partial charge in [-0.25, -0.2) is 0 Å². The fourth-order valence-electron chi connectivity index (χ4n) is 9.57. The molecule has 1 aliphatic heterocycles. The molecule has 0 radical (unpaired) electrons. The van der Waals surface area contributed by atoms with Crippen LogP contribution in [-0.4, -0.2) is 0 Å². The second-order valence-electron chi connectivity index (χ2n) is 14.8. The average Bonchev–Trinajstić information content (AvgIpc) is 3.78. The summed E-state index contributed by atoms with van der Waals surface area (Å²) in [5, 5.41) is 4.80. The van der Waals surface area contributed by atoms with E-state index in [1.165, 1.54) is 65.1 Å². The van der Waals surface area contributed by atoms with Crippen LogP contribution in [0.2, 0.25) is 0 Å². The Hall–Kier alpha value is -6.81. The highest BCUT2D eigenvalue weighted by atomic mass is 32.2. The van der Waals surface area contributed by atoms with Crippen LogP contribution < -0.4 is 4.90 Å². The normalized spacial score (nSPS) is 15.1. The Kier molecular flexibility index (Phi) is 6.81. The Bertz CT molecular complexity index is 3180. The summed E-state index contributed by atoms with van der Waals surface area (Å²) in [4.78, 5) is 4.95. The second-order valence-corrected chi connectivity index (χ2v) is 15.8. The van der Waals surface area contributed by atoms with E-state index in [0.29, 0.717) is 0 Å². The number of furan rings is 1. The summed E-state index contributed by atoms with van der Waals surface area (Å²) in [5.41, 5.74) is 14.9. The van der Waals surface area contributed by atoms with Gasteiger partial charge >= 0.3 is 0 Å². The van der Waals surface area contributed by atoms with E-state index in [1.807, 2.05) is 17.8 Å². The van der Waals surface area contributed by atoms with Crippen molar-refractivity contribution < 1.29 is 4.42 Å². The van der Waals surface area contributed by atoms with Crippen molar-refractivity contribution >= 4 is 61.5 Å². The van der Waals surface area contributed by atoms with Crippen LogP contribution in [0.5, 0.6) is 0 Å². The van der Waals surface area contributed by atoms with Crippen LogP contribution >= 0.6 is 11.8 Å². The summed E-state index contributed by atoms with van der Waals surface area (Å²) in [5.74, 6) is 0. The van der Waals surface area contributed by atoms with Crippen molar-refractivity contribution in [2.24, 2.45) is 0 Å². The first-order chi connectivity index (χ1) is 27.8. The summed E-state index contributed by atoms with van der Waals surface area (Å²) in [7, 11) is 0. The Balaban J connectivity index is 1.14. The van der Waals surface area contributed by atoms with Gasteiger partial charge in [0, 0.05) is 38.0 Å². The van der Waals surface area contributed by atoms with Gasteiger partial charge in [0.25, 0.3) is 0 Å². The van der Waals surface area contributed by atoms with Crippen LogP contribution in [0, 0.1) is 0 Å². The fourth-order valence-corrected chi connectivity index (χ4v) is 10.9. The quantitative estimate of drug-likeness (QED) is 0.179. The number of para-hydroxylation sites is 1. The summed E-state index contributed by atoms with van der Waals surface area (Å²) in [6.45, 7) is 0. The van der Waals surface area contributed by atoms with Crippen molar-refractivity contribution in [3.63, 3.8) is 0 Å². The van der Waals surface area contributed by atoms with Gasteiger partial charge < -0.3 is 9.32 Å². The van der Waals surface area contributed by atoms with Crippen molar-refractivity contribution in [3.8, 4) is 22.3 Å². The van der Waals surface area contributed by atoms with E-state index in [4.69, 9.17) is 4.42 Å². The maximum Gasteiger partial charge on any atom is 0.137 e. The van der Waals surface area contributed by atoms with Crippen LogP contribution in [-0.2, 0) is 5.41 Å². The number of rotatable bonds is 4. The molecule has 2 heterocycles. The van der Waals surface area contributed by atoms with Gasteiger partial charge in [0.05, 0.1) is 11.1 Å². The van der Waals surface area contributed by atoms with E-state index in [0.717, 1.165) is 39.0 Å². The number of hydrogen-bond donors (Lipinski definition) is 0. The molecule has 1 aromatic heterocycles. The van der Waals surface area contributed by atoms with Crippen LogP contribution in [0.4, 0.5) is 17.1 Å². The lowest BCUT2D eigenvalue weighted by atomic mass is 9.67. The van der Waals surface area contributed by atoms with Gasteiger partial charge in [0.1, 0.15) is 11.2 Å². The minimum absolute atomic E-state index is 0.505. The molecule has 1 spiro atoms. The van der Waals surface area contributed by atoms with Crippen LogP contribution in [0.25, 0.3) is 55.0 Å². The van der Waals surface area contributed by atoms with Crippen LogP contribution in [0.3, 0.4) is 0 Å². The first-order valence-electron chi connectivity index (χ1n) is 19.2. The van der Waals surface area contributed by atoms with Gasteiger partial charge in [-0.1, -0.05) is 163 Å². The Morgan fingerprint density at radius 2 is 1.11 bits per heavy atom. The van der Waals surface area contributed by atoms with Crippen LogP contribution in [0.1, 0.15) is 22.3 Å². The molecular weight excluding hydrogens is 699 g/mol. The third kappa shape index (κ3) is 4.40. The van der Waals surface area contributed by atoms with Crippen molar-refractivity contribution in [3.05, 3.63) is 222 Å². The lowest BCUT2D eigenvalue weighted by Crippen LogP contribution is -2.32. The highest BCUT2D eigenvalue weighted by molar-refractivity contribution is 7.99. The SMILES string of the molecule is c1ccc(-c2ccc(N(c3ccc4c(c3)oc3ccccc34)c3cccc4c3Sc3ccccc3C43c4ccccc4-c4c3ccc3ccccc43)cc2)cc1. The number of nitrogens with zero attached hydrogens (tertiary/aromatic N) is 1. The highest BCUT2D eigenvalue weighted by Crippen LogP contribution is 2.64. The smallest absolute Gasteiger partial charge is 0.137 e. The predicted octanol–water partition coefficient (Wildman–Crippen LogP) is 14.7. The molecule has 0 saturated carbocycles.